The first-order valence-electron chi connectivity index (χ1n) is 13.6. The molecule has 9 nitrogen and oxygen atoms in total. The second-order valence-corrected chi connectivity index (χ2v) is 10.8. The molecule has 1 aliphatic rings. The highest BCUT2D eigenvalue weighted by Gasteiger charge is 2.34. The normalized spacial score (nSPS) is 15.8. The van der Waals surface area contributed by atoms with Crippen molar-refractivity contribution in [2.75, 3.05) is 19.3 Å². The van der Waals surface area contributed by atoms with Crippen LogP contribution in [0.25, 0.3) is 0 Å². The molecule has 0 aromatic heterocycles. The third-order valence-corrected chi connectivity index (χ3v) is 7.50. The number of amides is 1. The summed E-state index contributed by atoms with van der Waals surface area (Å²) in [6.07, 6.45) is 3.78. The molecule has 0 radical (unpaired) electrons. The topological polar surface area (TPSA) is 120 Å². The van der Waals surface area contributed by atoms with E-state index in [0.29, 0.717) is 44.9 Å². The predicted molar refractivity (Wildman–Crippen MR) is 147 cm³/mol. The number of rotatable bonds is 16. The highest BCUT2D eigenvalue weighted by atomic mass is 31.1. The van der Waals surface area contributed by atoms with Gasteiger partial charge in [-0.15, -0.1) is 4.52 Å². The van der Waals surface area contributed by atoms with Crippen LogP contribution in [-0.2, 0) is 41.2 Å². The van der Waals surface area contributed by atoms with Crippen LogP contribution in [0.3, 0.4) is 0 Å². The van der Waals surface area contributed by atoms with Crippen LogP contribution < -0.4 is 10.6 Å². The number of unbranched alkanes of at least 4 members (excludes halogenated alkanes) is 2. The van der Waals surface area contributed by atoms with Crippen LogP contribution in [0.5, 0.6) is 0 Å². The van der Waals surface area contributed by atoms with E-state index in [4.69, 9.17) is 14.0 Å². The fourth-order valence-electron chi connectivity index (χ4n) is 4.16. The highest BCUT2D eigenvalue weighted by Crippen LogP contribution is 2.29. The smallest absolute Gasteiger partial charge is 0.445 e. The molecule has 1 amide bonds. The van der Waals surface area contributed by atoms with Crippen LogP contribution >= 0.6 is 8.03 Å². The molecule has 1 fully saturated rings. The summed E-state index contributed by atoms with van der Waals surface area (Å²) in [5.41, 5.74) is 2.11. The van der Waals surface area contributed by atoms with Gasteiger partial charge in [0.05, 0.1) is 0 Å². The molecule has 10 heteroatoms. The Labute approximate surface area is 230 Å². The van der Waals surface area contributed by atoms with Crippen molar-refractivity contribution in [3.05, 3.63) is 71.8 Å². The number of esters is 2. The molecule has 210 valence electrons. The molecule has 0 aliphatic carbocycles. The summed E-state index contributed by atoms with van der Waals surface area (Å²) in [7, 11) is -2.10. The first kappa shape index (κ1) is 30.4. The van der Waals surface area contributed by atoms with Crippen molar-refractivity contribution in [2.45, 2.75) is 70.1 Å². The Morgan fingerprint density at radius 2 is 1.67 bits per heavy atom. The van der Waals surface area contributed by atoms with E-state index in [1.165, 1.54) is 5.56 Å². The zero-order valence-corrected chi connectivity index (χ0v) is 23.1. The standard InChI is InChI=1S/C29H37N2O7P/c32-27(25-17-11-20-30-25)37-28(33)26(38-39(35)21-10-8-14-23-12-3-1-4-13-23)18-7-9-19-31-29(34)36-22-24-15-5-2-6-16-24/h1-6,12-13,15-16,25-26,30H,7-11,14,17-22H2/p+1/t25-,26?/m0/s1. The predicted octanol–water partition coefficient (Wildman–Crippen LogP) is 5.06. The Hall–Kier alpha value is -3.13. The van der Waals surface area contributed by atoms with Crippen LogP contribution in [0.2, 0.25) is 0 Å². The van der Waals surface area contributed by atoms with Crippen LogP contribution in [-0.4, -0.2) is 49.4 Å². The second-order valence-electron chi connectivity index (χ2n) is 9.47. The Bertz CT molecular complexity index is 1050. The van der Waals surface area contributed by atoms with E-state index in [1.807, 2.05) is 48.5 Å². The number of hydrogen-bond acceptors (Lipinski definition) is 8. The van der Waals surface area contributed by atoms with Crippen LogP contribution in [0.15, 0.2) is 60.7 Å². The molecule has 1 heterocycles. The summed E-state index contributed by atoms with van der Waals surface area (Å²) in [6.45, 7) is 1.21. The molecule has 0 saturated carbocycles. The monoisotopic (exact) mass is 557 g/mol. The van der Waals surface area contributed by atoms with Crippen molar-refractivity contribution < 1.29 is 32.9 Å². The van der Waals surface area contributed by atoms with Gasteiger partial charge in [0.1, 0.15) is 12.6 Å². The molecule has 39 heavy (non-hydrogen) atoms. The minimum Gasteiger partial charge on any atom is -0.445 e. The largest absolute Gasteiger partial charge is 0.508 e. The van der Waals surface area contributed by atoms with Crippen molar-refractivity contribution >= 4 is 26.1 Å². The lowest BCUT2D eigenvalue weighted by Crippen LogP contribution is -2.37. The molecule has 1 saturated heterocycles. The zero-order chi connectivity index (χ0) is 27.7. The quantitative estimate of drug-likeness (QED) is 0.127. The van der Waals surface area contributed by atoms with Gasteiger partial charge in [-0.1, -0.05) is 60.7 Å². The summed E-state index contributed by atoms with van der Waals surface area (Å²) < 4.78 is 28.5. The lowest BCUT2D eigenvalue weighted by Gasteiger charge is -2.13. The van der Waals surface area contributed by atoms with E-state index in [2.05, 4.69) is 22.8 Å². The maximum Gasteiger partial charge on any atom is 0.508 e. The lowest BCUT2D eigenvalue weighted by atomic mass is 10.1. The number of carbonyl (C=O) groups excluding carboxylic acids is 3. The molecule has 2 aromatic rings. The van der Waals surface area contributed by atoms with Gasteiger partial charge in [-0.2, -0.15) is 0 Å². The Morgan fingerprint density at radius 1 is 0.949 bits per heavy atom. The lowest BCUT2D eigenvalue weighted by molar-refractivity contribution is -0.166. The highest BCUT2D eigenvalue weighted by molar-refractivity contribution is 7.39. The van der Waals surface area contributed by atoms with Gasteiger partial charge < -0.3 is 20.1 Å². The van der Waals surface area contributed by atoms with Gasteiger partial charge in [0.25, 0.3) is 0 Å². The number of carbonyl (C=O) groups is 3. The van der Waals surface area contributed by atoms with Gasteiger partial charge in [0, 0.05) is 6.54 Å². The number of aryl methyl sites for hydroxylation is 1. The van der Waals surface area contributed by atoms with Crippen LogP contribution in [0.4, 0.5) is 4.79 Å². The summed E-state index contributed by atoms with van der Waals surface area (Å²) in [5, 5.41) is 5.68. The SMILES string of the molecule is O=C(NCCCCC(O[P+](=O)CCCCc1ccccc1)C(=O)OC(=O)[C@@H]1CCCN1)OCc1ccccc1. The fraction of sp³-hybridized carbons (Fsp3) is 0.483. The van der Waals surface area contributed by atoms with E-state index in [1.54, 1.807) is 0 Å². The van der Waals surface area contributed by atoms with Gasteiger partial charge in [-0.3, -0.25) is 0 Å². The third-order valence-electron chi connectivity index (χ3n) is 6.33. The molecule has 3 atom stereocenters. The number of benzene rings is 2. The average Bonchev–Trinajstić information content (AvgIpc) is 3.50. The minimum atomic E-state index is -2.10. The Morgan fingerprint density at radius 3 is 2.36 bits per heavy atom. The van der Waals surface area contributed by atoms with Crippen molar-refractivity contribution in [1.82, 2.24) is 10.6 Å². The molecular formula is C29H38N2O7P+. The van der Waals surface area contributed by atoms with Crippen molar-refractivity contribution in [3.8, 4) is 0 Å². The maximum absolute atomic E-state index is 12.7. The fourth-order valence-corrected chi connectivity index (χ4v) is 5.23. The van der Waals surface area contributed by atoms with Crippen molar-refractivity contribution in [3.63, 3.8) is 0 Å². The van der Waals surface area contributed by atoms with Crippen LogP contribution in [0, 0.1) is 0 Å². The summed E-state index contributed by atoms with van der Waals surface area (Å²) in [5.74, 6) is -1.46. The van der Waals surface area contributed by atoms with Gasteiger partial charge in [0.15, 0.2) is 6.16 Å². The number of alkyl carbamates (subject to hydrolysis) is 1. The molecule has 1 aliphatic heterocycles. The molecule has 2 aromatic carbocycles. The van der Waals surface area contributed by atoms with Crippen LogP contribution in [0.1, 0.15) is 56.1 Å². The maximum atomic E-state index is 12.7. The van der Waals surface area contributed by atoms with Crippen molar-refractivity contribution in [1.29, 1.82) is 0 Å². The Balaban J connectivity index is 1.39. The minimum absolute atomic E-state index is 0.177. The molecular weight excluding hydrogens is 519 g/mol. The number of hydrogen-bond donors (Lipinski definition) is 2. The molecule has 0 bridgehead atoms. The first-order valence-corrected chi connectivity index (χ1v) is 15.0. The van der Waals surface area contributed by atoms with Gasteiger partial charge in [-0.05, 0) is 73.6 Å². The van der Waals surface area contributed by atoms with E-state index in [-0.39, 0.29) is 13.0 Å². The molecule has 0 spiro atoms. The zero-order valence-electron chi connectivity index (χ0n) is 22.2. The molecule has 3 rings (SSSR count). The third kappa shape index (κ3) is 12.1. The number of ether oxygens (including phenoxy) is 2. The van der Waals surface area contributed by atoms with Crippen molar-refractivity contribution in [2.24, 2.45) is 0 Å². The molecule has 2 N–H and O–H groups in total. The van der Waals surface area contributed by atoms with E-state index in [0.717, 1.165) is 24.8 Å². The van der Waals surface area contributed by atoms with Gasteiger partial charge in [-0.25, -0.2) is 14.4 Å². The second kappa shape index (κ2) is 17.5. The summed E-state index contributed by atoms with van der Waals surface area (Å²) in [6, 6.07) is 18.9. The Kier molecular flexibility index (Phi) is 13.6. The average molecular weight is 558 g/mol. The first-order chi connectivity index (χ1) is 19.0. The summed E-state index contributed by atoms with van der Waals surface area (Å²) in [4.78, 5) is 37.0. The summed E-state index contributed by atoms with van der Waals surface area (Å²) >= 11 is 0. The van der Waals surface area contributed by atoms with Gasteiger partial charge >= 0.3 is 26.1 Å². The number of nitrogens with one attached hydrogen (secondary N) is 2. The van der Waals surface area contributed by atoms with E-state index < -0.39 is 38.2 Å². The van der Waals surface area contributed by atoms with E-state index in [9.17, 15) is 18.9 Å². The molecule has 2 unspecified atom stereocenters. The van der Waals surface area contributed by atoms with E-state index >= 15 is 0 Å². The van der Waals surface area contributed by atoms with Gasteiger partial charge in [0.2, 0.25) is 6.10 Å².